The molecule has 0 saturated carbocycles. The number of aliphatic hydroxyl groups excluding tert-OH is 1. The molecule has 1 rings (SSSR count). The Balaban J connectivity index is 3.00. The van der Waals surface area contributed by atoms with Gasteiger partial charge in [-0.05, 0) is 12.8 Å². The van der Waals surface area contributed by atoms with Crippen LogP contribution >= 0.6 is 0 Å². The largest absolute Gasteiger partial charge is 0.463 e. The Morgan fingerprint density at radius 2 is 1.56 bits per heavy atom. The molecule has 0 aromatic rings. The predicted molar refractivity (Wildman–Crippen MR) is 114 cm³/mol. The maximum absolute atomic E-state index is 11.8. The minimum atomic E-state index is -1.20. The number of nitrogens with one attached hydrogen (secondary N) is 2. The number of rotatable bonds is 13. The lowest BCUT2D eigenvalue weighted by Gasteiger charge is -2.44. The Morgan fingerprint density at radius 3 is 2.12 bits per heavy atom. The second-order valence-corrected chi connectivity index (χ2v) is 7.62. The molecular formula is C21H34N2O11. The van der Waals surface area contributed by atoms with Crippen LogP contribution in [0.15, 0.2) is 0 Å². The fourth-order valence-corrected chi connectivity index (χ4v) is 3.26. The van der Waals surface area contributed by atoms with Crippen LogP contribution in [0.1, 0.15) is 47.0 Å². The first-order chi connectivity index (χ1) is 16.0. The molecule has 0 bridgehead atoms. The van der Waals surface area contributed by atoms with E-state index >= 15 is 0 Å². The lowest BCUT2D eigenvalue weighted by molar-refractivity contribution is -0.277. The molecule has 13 heteroatoms. The average Bonchev–Trinajstić information content (AvgIpc) is 2.72. The molecular weight excluding hydrogens is 456 g/mol. The van der Waals surface area contributed by atoms with E-state index in [0.29, 0.717) is 19.4 Å². The van der Waals surface area contributed by atoms with E-state index in [4.69, 9.17) is 28.8 Å². The van der Waals surface area contributed by atoms with Gasteiger partial charge in [-0.3, -0.25) is 24.0 Å². The maximum atomic E-state index is 11.8. The van der Waals surface area contributed by atoms with Crippen molar-refractivity contribution in [2.45, 2.75) is 77.6 Å². The molecule has 1 fully saturated rings. The topological polar surface area (TPSA) is 176 Å². The molecule has 5 unspecified atom stereocenters. The van der Waals surface area contributed by atoms with Gasteiger partial charge < -0.3 is 39.4 Å². The quantitative estimate of drug-likeness (QED) is 0.163. The number of hydrogen-bond acceptors (Lipinski definition) is 11. The zero-order valence-corrected chi connectivity index (χ0v) is 19.9. The van der Waals surface area contributed by atoms with Gasteiger partial charge >= 0.3 is 17.9 Å². The summed E-state index contributed by atoms with van der Waals surface area (Å²) in [6, 6.07) is -1.06. The van der Waals surface area contributed by atoms with E-state index in [-0.39, 0.29) is 32.1 Å². The van der Waals surface area contributed by atoms with Gasteiger partial charge in [-0.15, -0.1) is 0 Å². The number of esters is 3. The Bertz CT molecular complexity index is 715. The fourth-order valence-electron chi connectivity index (χ4n) is 3.26. The first-order valence-electron chi connectivity index (χ1n) is 10.9. The molecule has 1 aliphatic rings. The van der Waals surface area contributed by atoms with Gasteiger partial charge in [0.25, 0.3) is 0 Å². The molecule has 0 spiro atoms. The molecule has 1 aliphatic heterocycles. The standard InChI is InChI=1S/C21H34N2O11/c1-12(25)23-18-20(33-15(4)28)19(32-14(3)27)16(11-31-13(2)26)34-21(18)30-10-5-7-17(29)22-8-6-9-24/h16,18-21,24H,5-11H2,1-4H3,(H,22,29)(H,23,25). The summed E-state index contributed by atoms with van der Waals surface area (Å²) in [4.78, 5) is 58.5. The van der Waals surface area contributed by atoms with Crippen molar-refractivity contribution in [3.05, 3.63) is 0 Å². The molecule has 5 atom stereocenters. The van der Waals surface area contributed by atoms with E-state index in [9.17, 15) is 24.0 Å². The number of carbonyl (C=O) groups is 5. The Labute approximate surface area is 197 Å². The van der Waals surface area contributed by atoms with Crippen LogP contribution in [-0.2, 0) is 47.7 Å². The SMILES string of the molecule is CC(=O)NC1C(OCCCC(=O)NCCCO)OC(COC(C)=O)C(OC(C)=O)C1OC(C)=O. The molecule has 0 aromatic carbocycles. The summed E-state index contributed by atoms with van der Waals surface area (Å²) in [7, 11) is 0. The number of aliphatic hydroxyl groups is 1. The van der Waals surface area contributed by atoms with Gasteiger partial charge in [0.2, 0.25) is 11.8 Å². The summed E-state index contributed by atoms with van der Waals surface area (Å²) in [6.07, 6.45) is -3.74. The molecule has 13 nitrogen and oxygen atoms in total. The minimum absolute atomic E-state index is 0.0285. The van der Waals surface area contributed by atoms with Crippen LogP contribution in [0.5, 0.6) is 0 Å². The summed E-state index contributed by atoms with van der Waals surface area (Å²) in [5.41, 5.74) is 0. The zero-order chi connectivity index (χ0) is 25.7. The highest BCUT2D eigenvalue weighted by Gasteiger charge is 2.51. The monoisotopic (exact) mass is 490 g/mol. The lowest BCUT2D eigenvalue weighted by atomic mass is 9.96. The van der Waals surface area contributed by atoms with Gasteiger partial charge in [-0.2, -0.15) is 0 Å². The third-order valence-electron chi connectivity index (χ3n) is 4.56. The van der Waals surface area contributed by atoms with Crippen LogP contribution in [0.4, 0.5) is 0 Å². The van der Waals surface area contributed by atoms with Gasteiger partial charge in [-0.1, -0.05) is 0 Å². The third kappa shape index (κ3) is 10.9. The van der Waals surface area contributed by atoms with Crippen molar-refractivity contribution < 1.29 is 52.8 Å². The van der Waals surface area contributed by atoms with Crippen molar-refractivity contribution in [1.82, 2.24) is 10.6 Å². The summed E-state index contributed by atoms with van der Waals surface area (Å²) >= 11 is 0. The second kappa shape index (κ2) is 15.2. The van der Waals surface area contributed by atoms with Crippen molar-refractivity contribution in [3.8, 4) is 0 Å². The molecule has 0 aromatic heterocycles. The number of hydrogen-bond donors (Lipinski definition) is 3. The highest BCUT2D eigenvalue weighted by molar-refractivity contribution is 5.75. The molecule has 0 aliphatic carbocycles. The highest BCUT2D eigenvalue weighted by Crippen LogP contribution is 2.28. The molecule has 0 radical (unpaired) electrons. The predicted octanol–water partition coefficient (Wildman–Crippen LogP) is -1.06. The van der Waals surface area contributed by atoms with Crippen molar-refractivity contribution in [2.75, 3.05) is 26.4 Å². The van der Waals surface area contributed by atoms with Gasteiger partial charge in [-0.25, -0.2) is 0 Å². The number of carbonyl (C=O) groups excluding carboxylic acids is 5. The summed E-state index contributed by atoms with van der Waals surface area (Å²) < 4.78 is 27.3. The second-order valence-electron chi connectivity index (χ2n) is 7.62. The zero-order valence-electron chi connectivity index (χ0n) is 19.9. The molecule has 3 N–H and O–H groups in total. The molecule has 2 amide bonds. The number of ether oxygens (including phenoxy) is 5. The molecule has 34 heavy (non-hydrogen) atoms. The van der Waals surface area contributed by atoms with Crippen LogP contribution < -0.4 is 10.6 Å². The Hall–Kier alpha value is -2.77. The van der Waals surface area contributed by atoms with Crippen LogP contribution in [0.25, 0.3) is 0 Å². The van der Waals surface area contributed by atoms with E-state index in [1.807, 2.05) is 0 Å². The van der Waals surface area contributed by atoms with Crippen LogP contribution in [-0.4, -0.2) is 91.8 Å². The summed E-state index contributed by atoms with van der Waals surface area (Å²) in [5.74, 6) is -2.72. The summed E-state index contributed by atoms with van der Waals surface area (Å²) in [5, 5.41) is 14.0. The molecule has 1 saturated heterocycles. The molecule has 1 heterocycles. The van der Waals surface area contributed by atoms with Crippen molar-refractivity contribution >= 4 is 29.7 Å². The van der Waals surface area contributed by atoms with Crippen molar-refractivity contribution in [1.29, 1.82) is 0 Å². The van der Waals surface area contributed by atoms with Crippen molar-refractivity contribution in [3.63, 3.8) is 0 Å². The van der Waals surface area contributed by atoms with Crippen LogP contribution in [0, 0.1) is 0 Å². The van der Waals surface area contributed by atoms with Crippen molar-refractivity contribution in [2.24, 2.45) is 0 Å². The van der Waals surface area contributed by atoms with Crippen LogP contribution in [0.2, 0.25) is 0 Å². The Morgan fingerprint density at radius 1 is 0.912 bits per heavy atom. The Kier molecular flexibility index (Phi) is 13.1. The van der Waals surface area contributed by atoms with Gasteiger partial charge in [0, 0.05) is 47.3 Å². The molecule has 194 valence electrons. The van der Waals surface area contributed by atoms with Crippen LogP contribution in [0.3, 0.4) is 0 Å². The number of amides is 2. The van der Waals surface area contributed by atoms with Gasteiger partial charge in [0.15, 0.2) is 18.5 Å². The van der Waals surface area contributed by atoms with E-state index in [2.05, 4.69) is 10.6 Å². The minimum Gasteiger partial charge on any atom is -0.463 e. The van der Waals surface area contributed by atoms with E-state index in [1.54, 1.807) is 0 Å². The lowest BCUT2D eigenvalue weighted by Crippen LogP contribution is -2.66. The maximum Gasteiger partial charge on any atom is 0.303 e. The first kappa shape index (κ1) is 29.3. The average molecular weight is 491 g/mol. The smallest absolute Gasteiger partial charge is 0.303 e. The highest BCUT2D eigenvalue weighted by atomic mass is 16.7. The first-order valence-corrected chi connectivity index (χ1v) is 10.9. The van der Waals surface area contributed by atoms with E-state index in [0.717, 1.165) is 13.8 Å². The normalized spacial score (nSPS) is 24.0. The van der Waals surface area contributed by atoms with E-state index in [1.165, 1.54) is 13.8 Å². The van der Waals surface area contributed by atoms with Gasteiger partial charge in [0.05, 0.1) is 6.61 Å². The summed E-state index contributed by atoms with van der Waals surface area (Å²) in [6.45, 7) is 4.76. The van der Waals surface area contributed by atoms with Gasteiger partial charge in [0.1, 0.15) is 18.8 Å². The third-order valence-corrected chi connectivity index (χ3v) is 4.56. The van der Waals surface area contributed by atoms with E-state index < -0.39 is 54.5 Å². The fraction of sp³-hybridized carbons (Fsp3) is 0.762.